The van der Waals surface area contributed by atoms with Gasteiger partial charge in [0.1, 0.15) is 11.5 Å². The Morgan fingerprint density at radius 3 is 1.93 bits per heavy atom. The number of aromatic hydroxyl groups is 2. The molecule has 0 aliphatic heterocycles. The summed E-state index contributed by atoms with van der Waals surface area (Å²) >= 11 is 0. The average Bonchev–Trinajstić information content (AvgIpc) is 2.58. The lowest BCUT2D eigenvalue weighted by Crippen LogP contribution is -2.21. The zero-order valence-corrected chi connectivity index (χ0v) is 16.3. The second-order valence-electron chi connectivity index (χ2n) is 7.39. The first-order valence-electron chi connectivity index (χ1n) is 9.14. The van der Waals surface area contributed by atoms with E-state index in [-0.39, 0.29) is 17.1 Å². The Bertz CT molecular complexity index is 1100. The van der Waals surface area contributed by atoms with Gasteiger partial charge in [-0.05, 0) is 37.0 Å². The van der Waals surface area contributed by atoms with E-state index in [0.29, 0.717) is 22.9 Å². The molecule has 0 fully saturated rings. The lowest BCUT2D eigenvalue weighted by molar-refractivity contribution is 0.455. The van der Waals surface area contributed by atoms with Crippen LogP contribution in [0.3, 0.4) is 0 Å². The highest BCUT2D eigenvalue weighted by Gasteiger charge is 2.28. The van der Waals surface area contributed by atoms with Gasteiger partial charge in [-0.25, -0.2) is 0 Å². The molecule has 2 aromatic heterocycles. The molecule has 0 aliphatic carbocycles. The third-order valence-corrected chi connectivity index (χ3v) is 4.96. The van der Waals surface area contributed by atoms with Gasteiger partial charge < -0.3 is 20.2 Å². The van der Waals surface area contributed by atoms with E-state index in [1.54, 1.807) is 13.8 Å². The molecule has 0 spiro atoms. The zero-order valence-electron chi connectivity index (χ0n) is 16.3. The number of aryl methyl sites for hydroxylation is 2. The topological polar surface area (TPSA) is 106 Å². The van der Waals surface area contributed by atoms with E-state index in [1.165, 1.54) is 6.07 Å². The summed E-state index contributed by atoms with van der Waals surface area (Å²) in [5.74, 6) is -0.794. The van der Waals surface area contributed by atoms with Crippen LogP contribution in [0, 0.1) is 13.8 Å². The minimum Gasteiger partial charge on any atom is -0.507 e. The van der Waals surface area contributed by atoms with Gasteiger partial charge in [-0.3, -0.25) is 9.59 Å². The fourth-order valence-electron chi connectivity index (χ4n) is 3.56. The van der Waals surface area contributed by atoms with Crippen molar-refractivity contribution in [1.82, 2.24) is 9.97 Å². The lowest BCUT2D eigenvalue weighted by atomic mass is 9.83. The third kappa shape index (κ3) is 3.58. The zero-order chi connectivity index (χ0) is 20.6. The van der Waals surface area contributed by atoms with Crippen LogP contribution in [-0.2, 0) is 0 Å². The molecule has 0 aliphatic rings. The summed E-state index contributed by atoms with van der Waals surface area (Å²) in [6, 6.07) is 10.2. The van der Waals surface area contributed by atoms with Gasteiger partial charge in [-0.1, -0.05) is 38.1 Å². The number of hydrogen-bond acceptors (Lipinski definition) is 4. The Hall–Kier alpha value is -3.28. The van der Waals surface area contributed by atoms with Gasteiger partial charge in [-0.2, -0.15) is 0 Å². The first-order valence-corrected chi connectivity index (χ1v) is 9.14. The predicted octanol–water partition coefficient (Wildman–Crippen LogP) is 3.39. The molecule has 3 rings (SSSR count). The van der Waals surface area contributed by atoms with Gasteiger partial charge >= 0.3 is 0 Å². The van der Waals surface area contributed by atoms with Gasteiger partial charge in [0.25, 0.3) is 11.1 Å². The summed E-state index contributed by atoms with van der Waals surface area (Å²) in [5, 5.41) is 21.1. The second kappa shape index (κ2) is 7.38. The molecular weight excluding hydrogens is 356 g/mol. The monoisotopic (exact) mass is 380 g/mol. The van der Waals surface area contributed by atoms with Crippen molar-refractivity contribution < 1.29 is 10.2 Å². The maximum atomic E-state index is 12.7. The quantitative estimate of drug-likeness (QED) is 0.556. The number of rotatable bonds is 4. The van der Waals surface area contributed by atoms with Crippen molar-refractivity contribution in [3.05, 3.63) is 90.7 Å². The van der Waals surface area contributed by atoms with Crippen molar-refractivity contribution in [3.8, 4) is 11.5 Å². The van der Waals surface area contributed by atoms with E-state index in [4.69, 9.17) is 0 Å². The summed E-state index contributed by atoms with van der Waals surface area (Å²) in [4.78, 5) is 29.8. The Morgan fingerprint density at radius 1 is 0.821 bits per heavy atom. The molecule has 0 radical (unpaired) electrons. The Kier molecular flexibility index (Phi) is 5.14. The highest BCUT2D eigenvalue weighted by molar-refractivity contribution is 5.53. The molecule has 1 unspecified atom stereocenters. The summed E-state index contributed by atoms with van der Waals surface area (Å²) in [5.41, 5.74) is 2.43. The van der Waals surface area contributed by atoms with Crippen LogP contribution in [0.2, 0.25) is 0 Å². The highest BCUT2D eigenvalue weighted by atomic mass is 16.3. The fraction of sp³-hybridized carbons (Fsp3) is 0.273. The molecule has 28 heavy (non-hydrogen) atoms. The minimum absolute atomic E-state index is 0.119. The summed E-state index contributed by atoms with van der Waals surface area (Å²) in [6.07, 6.45) is 0. The van der Waals surface area contributed by atoms with Crippen LogP contribution < -0.4 is 11.1 Å². The normalized spacial score (nSPS) is 12.3. The van der Waals surface area contributed by atoms with Crippen LogP contribution in [0.25, 0.3) is 0 Å². The van der Waals surface area contributed by atoms with Crippen molar-refractivity contribution >= 4 is 0 Å². The number of pyridine rings is 2. The largest absolute Gasteiger partial charge is 0.507 e. The fourth-order valence-corrected chi connectivity index (χ4v) is 3.56. The molecule has 6 nitrogen and oxygen atoms in total. The first kappa shape index (κ1) is 19.5. The maximum absolute atomic E-state index is 12.7. The van der Waals surface area contributed by atoms with E-state index >= 15 is 0 Å². The lowest BCUT2D eigenvalue weighted by Gasteiger charge is -2.22. The number of aromatic nitrogens is 2. The number of H-pyrrole nitrogens is 2. The van der Waals surface area contributed by atoms with Crippen LogP contribution in [0.1, 0.15) is 59.3 Å². The molecule has 0 saturated heterocycles. The first-order chi connectivity index (χ1) is 13.2. The van der Waals surface area contributed by atoms with Crippen molar-refractivity contribution in [3.63, 3.8) is 0 Å². The number of benzene rings is 1. The van der Waals surface area contributed by atoms with Gasteiger partial charge in [-0.15, -0.1) is 0 Å². The molecule has 4 N–H and O–H groups in total. The van der Waals surface area contributed by atoms with Crippen molar-refractivity contribution in [1.29, 1.82) is 0 Å². The van der Waals surface area contributed by atoms with Crippen molar-refractivity contribution in [2.75, 3.05) is 0 Å². The molecule has 6 heteroatoms. The number of aromatic amines is 2. The summed E-state index contributed by atoms with van der Waals surface area (Å²) in [6.45, 7) is 7.51. The smallest absolute Gasteiger partial charge is 0.256 e. The standard InChI is InChI=1S/C22H24N2O4/c1-11(2)14-5-7-15(8-6-14)20(19-13(4)24-18(27)10-17(19)26)21-16(25)9-12(3)23-22(21)28/h5-11,20H,1-4H3,(H2,23,25,28)(H2,24,26,27). The van der Waals surface area contributed by atoms with E-state index in [1.807, 2.05) is 24.3 Å². The third-order valence-electron chi connectivity index (χ3n) is 4.96. The summed E-state index contributed by atoms with van der Waals surface area (Å²) in [7, 11) is 0. The van der Waals surface area contributed by atoms with Gasteiger partial charge in [0.2, 0.25) is 0 Å². The van der Waals surface area contributed by atoms with Crippen LogP contribution in [0.5, 0.6) is 11.5 Å². The van der Waals surface area contributed by atoms with E-state index in [2.05, 4.69) is 23.8 Å². The van der Waals surface area contributed by atoms with Crippen molar-refractivity contribution in [2.45, 2.75) is 39.5 Å². The molecule has 0 bridgehead atoms. The van der Waals surface area contributed by atoms with Gasteiger partial charge in [0, 0.05) is 28.9 Å². The molecule has 146 valence electrons. The molecule has 1 atom stereocenters. The van der Waals surface area contributed by atoms with Crippen LogP contribution in [-0.4, -0.2) is 20.2 Å². The molecule has 0 saturated carbocycles. The SMILES string of the molecule is Cc1cc(O)c(C(c2ccc(C(C)C)cc2)c2c(O)cc(=O)[nH]c2C)c(=O)[nH]1. The number of hydrogen-bond donors (Lipinski definition) is 4. The second-order valence-corrected chi connectivity index (χ2v) is 7.39. The molecular formula is C22H24N2O4. The average molecular weight is 380 g/mol. The Labute approximate surface area is 162 Å². The van der Waals surface area contributed by atoms with E-state index in [0.717, 1.165) is 17.2 Å². The highest BCUT2D eigenvalue weighted by Crippen LogP contribution is 2.39. The van der Waals surface area contributed by atoms with Gasteiger partial charge in [0.15, 0.2) is 0 Å². The molecule has 3 aromatic rings. The molecule has 2 heterocycles. The molecule has 0 amide bonds. The predicted molar refractivity (Wildman–Crippen MR) is 108 cm³/mol. The Morgan fingerprint density at radius 2 is 1.39 bits per heavy atom. The van der Waals surface area contributed by atoms with Crippen LogP contribution in [0.4, 0.5) is 0 Å². The van der Waals surface area contributed by atoms with E-state index < -0.39 is 17.0 Å². The van der Waals surface area contributed by atoms with Crippen molar-refractivity contribution in [2.24, 2.45) is 0 Å². The number of nitrogens with one attached hydrogen (secondary N) is 2. The van der Waals surface area contributed by atoms with Crippen LogP contribution >= 0.6 is 0 Å². The van der Waals surface area contributed by atoms with E-state index in [9.17, 15) is 19.8 Å². The maximum Gasteiger partial charge on any atom is 0.256 e. The van der Waals surface area contributed by atoms with Crippen LogP contribution in [0.15, 0.2) is 46.0 Å². The Balaban J connectivity index is 2.33. The minimum atomic E-state index is -0.748. The van der Waals surface area contributed by atoms with Gasteiger partial charge in [0.05, 0.1) is 5.56 Å². The molecule has 1 aromatic carbocycles. The summed E-state index contributed by atoms with van der Waals surface area (Å²) < 4.78 is 0.